The molecule has 0 spiro atoms. The average molecular weight is 305 g/mol. The first-order chi connectivity index (χ1) is 9.28. The smallest absolute Gasteiger partial charge is 0.337 e. The first kappa shape index (κ1) is 14.7. The normalized spacial score (nSPS) is 15.1. The molecule has 2 rings (SSSR count). The van der Waals surface area contributed by atoms with Gasteiger partial charge in [0.15, 0.2) is 11.6 Å². The summed E-state index contributed by atoms with van der Waals surface area (Å²) in [6.07, 6.45) is 2.45. The summed E-state index contributed by atoms with van der Waals surface area (Å²) in [5.41, 5.74) is -1.09. The molecule has 0 aliphatic heterocycles. The number of hydrogen-bond donors (Lipinski definition) is 2. The van der Waals surface area contributed by atoms with Gasteiger partial charge in [-0.05, 0) is 18.4 Å². The molecule has 0 unspecified atom stereocenters. The fourth-order valence-electron chi connectivity index (χ4n) is 1.76. The third-order valence-electron chi connectivity index (χ3n) is 3.05. The molecular formula is C12H13F2NO4S. The van der Waals surface area contributed by atoms with Crippen LogP contribution >= 0.6 is 0 Å². The molecule has 5 nitrogen and oxygen atoms in total. The van der Waals surface area contributed by atoms with Gasteiger partial charge >= 0.3 is 5.97 Å². The molecule has 1 aromatic rings. The summed E-state index contributed by atoms with van der Waals surface area (Å²) in [7, 11) is -3.78. The summed E-state index contributed by atoms with van der Waals surface area (Å²) in [6.45, 7) is 0. The summed E-state index contributed by atoms with van der Waals surface area (Å²) < 4.78 is 51.7. The van der Waals surface area contributed by atoms with Crippen LogP contribution in [0.3, 0.4) is 0 Å². The van der Waals surface area contributed by atoms with Crippen molar-refractivity contribution >= 4 is 21.7 Å². The minimum absolute atomic E-state index is 0.171. The lowest BCUT2D eigenvalue weighted by Crippen LogP contribution is -2.19. The molecule has 0 heterocycles. The number of carboxylic acids is 1. The number of benzene rings is 1. The second kappa shape index (κ2) is 5.35. The van der Waals surface area contributed by atoms with Gasteiger partial charge in [0, 0.05) is 6.07 Å². The van der Waals surface area contributed by atoms with Gasteiger partial charge in [-0.3, -0.25) is 4.72 Å². The Bertz CT molecular complexity index is 641. The Hall–Kier alpha value is -1.70. The van der Waals surface area contributed by atoms with Crippen LogP contribution in [0.15, 0.2) is 12.1 Å². The quantitative estimate of drug-likeness (QED) is 0.844. The van der Waals surface area contributed by atoms with Gasteiger partial charge in [0.1, 0.15) is 0 Å². The summed E-state index contributed by atoms with van der Waals surface area (Å²) >= 11 is 0. The molecule has 0 saturated heterocycles. The van der Waals surface area contributed by atoms with Crippen molar-refractivity contribution in [2.75, 3.05) is 10.5 Å². The number of rotatable bonds is 6. The molecular weight excluding hydrogens is 292 g/mol. The van der Waals surface area contributed by atoms with E-state index in [0.29, 0.717) is 24.5 Å². The van der Waals surface area contributed by atoms with E-state index in [2.05, 4.69) is 0 Å². The maximum atomic E-state index is 13.1. The van der Waals surface area contributed by atoms with Gasteiger partial charge in [-0.15, -0.1) is 0 Å². The van der Waals surface area contributed by atoms with Crippen LogP contribution in [0.5, 0.6) is 0 Å². The van der Waals surface area contributed by atoms with E-state index in [1.54, 1.807) is 0 Å². The summed E-state index contributed by atoms with van der Waals surface area (Å²) in [6, 6.07) is 0.990. The first-order valence-corrected chi connectivity index (χ1v) is 7.66. The first-order valence-electron chi connectivity index (χ1n) is 6.01. The molecule has 0 radical (unpaired) electrons. The Labute approximate surface area is 114 Å². The molecule has 8 heteroatoms. The van der Waals surface area contributed by atoms with Crippen molar-refractivity contribution in [3.63, 3.8) is 0 Å². The van der Waals surface area contributed by atoms with Crippen LogP contribution in [0.25, 0.3) is 0 Å². The van der Waals surface area contributed by atoms with Crippen molar-refractivity contribution in [1.82, 2.24) is 0 Å². The zero-order chi connectivity index (χ0) is 14.9. The van der Waals surface area contributed by atoms with Crippen LogP contribution < -0.4 is 4.72 Å². The Morgan fingerprint density at radius 3 is 2.45 bits per heavy atom. The molecule has 1 saturated carbocycles. The second-order valence-corrected chi connectivity index (χ2v) is 6.61. The lowest BCUT2D eigenvalue weighted by Gasteiger charge is -2.11. The van der Waals surface area contributed by atoms with Gasteiger partial charge in [-0.2, -0.15) is 0 Å². The van der Waals surface area contributed by atoms with Crippen molar-refractivity contribution in [1.29, 1.82) is 0 Å². The molecule has 1 aliphatic carbocycles. The minimum Gasteiger partial charge on any atom is -0.478 e. The highest BCUT2D eigenvalue weighted by Gasteiger charge is 2.25. The minimum atomic E-state index is -3.78. The molecule has 0 aromatic heterocycles. The molecule has 0 bridgehead atoms. The number of sulfonamides is 1. The molecule has 1 aromatic carbocycles. The van der Waals surface area contributed by atoms with E-state index in [4.69, 9.17) is 5.11 Å². The van der Waals surface area contributed by atoms with Crippen LogP contribution in [-0.4, -0.2) is 25.2 Å². The third kappa shape index (κ3) is 3.66. The van der Waals surface area contributed by atoms with Crippen LogP contribution in [0.4, 0.5) is 14.5 Å². The van der Waals surface area contributed by atoms with E-state index in [1.807, 2.05) is 4.72 Å². The highest BCUT2D eigenvalue weighted by molar-refractivity contribution is 7.92. The maximum absolute atomic E-state index is 13.1. The highest BCUT2D eigenvalue weighted by Crippen LogP contribution is 2.33. The number of halogens is 2. The molecule has 2 N–H and O–H groups in total. The summed E-state index contributed by atoms with van der Waals surface area (Å²) in [4.78, 5) is 10.9. The fourth-order valence-corrected chi connectivity index (χ4v) is 3.00. The molecule has 110 valence electrons. The van der Waals surface area contributed by atoms with E-state index in [9.17, 15) is 22.0 Å². The monoisotopic (exact) mass is 305 g/mol. The largest absolute Gasteiger partial charge is 0.478 e. The van der Waals surface area contributed by atoms with E-state index in [0.717, 1.165) is 12.8 Å². The van der Waals surface area contributed by atoms with E-state index < -0.39 is 38.9 Å². The molecule has 1 aliphatic rings. The van der Waals surface area contributed by atoms with Crippen molar-refractivity contribution in [2.45, 2.75) is 19.3 Å². The van der Waals surface area contributed by atoms with E-state index in [1.165, 1.54) is 0 Å². The zero-order valence-corrected chi connectivity index (χ0v) is 11.2. The molecule has 0 atom stereocenters. The summed E-state index contributed by atoms with van der Waals surface area (Å²) in [5, 5.41) is 8.88. The van der Waals surface area contributed by atoms with Crippen LogP contribution in [-0.2, 0) is 10.0 Å². The number of hydrogen-bond acceptors (Lipinski definition) is 3. The zero-order valence-electron chi connectivity index (χ0n) is 10.4. The van der Waals surface area contributed by atoms with Crippen molar-refractivity contribution < 1.29 is 27.1 Å². The Kier molecular flexibility index (Phi) is 3.94. The van der Waals surface area contributed by atoms with Gasteiger partial charge in [0.25, 0.3) is 0 Å². The van der Waals surface area contributed by atoms with Gasteiger partial charge in [-0.1, -0.05) is 12.8 Å². The molecule has 20 heavy (non-hydrogen) atoms. The van der Waals surface area contributed by atoms with Gasteiger partial charge in [0.05, 0.1) is 17.0 Å². The van der Waals surface area contributed by atoms with Crippen LogP contribution in [0.2, 0.25) is 0 Å². The maximum Gasteiger partial charge on any atom is 0.337 e. The number of anilines is 1. The van der Waals surface area contributed by atoms with Crippen molar-refractivity contribution in [2.24, 2.45) is 5.92 Å². The SMILES string of the molecule is O=C(O)c1cc(F)c(F)cc1NS(=O)(=O)CCC1CC1. The Morgan fingerprint density at radius 2 is 1.90 bits per heavy atom. The topological polar surface area (TPSA) is 83.5 Å². The number of aromatic carboxylic acids is 1. The molecule has 0 amide bonds. The van der Waals surface area contributed by atoms with Gasteiger partial charge in [0.2, 0.25) is 10.0 Å². The Balaban J connectivity index is 2.22. The highest BCUT2D eigenvalue weighted by atomic mass is 32.2. The average Bonchev–Trinajstić information content (AvgIpc) is 3.14. The number of carbonyl (C=O) groups is 1. The second-order valence-electron chi connectivity index (χ2n) is 4.77. The lowest BCUT2D eigenvalue weighted by atomic mass is 10.2. The van der Waals surface area contributed by atoms with Crippen molar-refractivity contribution in [3.05, 3.63) is 29.3 Å². The van der Waals surface area contributed by atoms with Crippen LogP contribution in [0, 0.1) is 17.6 Å². The van der Waals surface area contributed by atoms with Crippen molar-refractivity contribution in [3.8, 4) is 0 Å². The third-order valence-corrected chi connectivity index (χ3v) is 4.35. The standard InChI is InChI=1S/C12H13F2NO4S/c13-9-5-8(12(16)17)11(6-10(9)14)15-20(18,19)4-3-7-1-2-7/h5-7,15H,1-4H2,(H,16,17). The fraction of sp³-hybridized carbons (Fsp3) is 0.417. The number of nitrogens with one attached hydrogen (secondary N) is 1. The van der Waals surface area contributed by atoms with E-state index in [-0.39, 0.29) is 5.75 Å². The predicted molar refractivity (Wildman–Crippen MR) is 68.1 cm³/mol. The molecule has 1 fully saturated rings. The number of carboxylic acid groups (broad SMARTS) is 1. The van der Waals surface area contributed by atoms with Gasteiger partial charge < -0.3 is 5.11 Å². The predicted octanol–water partition coefficient (Wildman–Crippen LogP) is 2.20. The lowest BCUT2D eigenvalue weighted by molar-refractivity contribution is 0.0697. The Morgan fingerprint density at radius 1 is 1.30 bits per heavy atom. The summed E-state index contributed by atoms with van der Waals surface area (Å²) in [5.74, 6) is -3.98. The van der Waals surface area contributed by atoms with Gasteiger partial charge in [-0.25, -0.2) is 22.0 Å². The van der Waals surface area contributed by atoms with Crippen LogP contribution in [0.1, 0.15) is 29.6 Å². The van der Waals surface area contributed by atoms with E-state index >= 15 is 0 Å².